The van der Waals surface area contributed by atoms with E-state index in [1.54, 1.807) is 18.3 Å². The molecule has 7 heteroatoms. The van der Waals surface area contributed by atoms with Crippen molar-refractivity contribution in [3.05, 3.63) is 58.4 Å². The van der Waals surface area contributed by atoms with Crippen molar-refractivity contribution in [1.82, 2.24) is 10.2 Å². The van der Waals surface area contributed by atoms with E-state index in [1.165, 1.54) is 12.1 Å². The van der Waals surface area contributed by atoms with Gasteiger partial charge in [-0.2, -0.15) is 5.10 Å². The largest absolute Gasteiger partial charge is 0.257 e. The topological polar surface area (TPSA) is 50.5 Å². The lowest BCUT2D eigenvalue weighted by molar-refractivity contribution is 0.507. The summed E-state index contributed by atoms with van der Waals surface area (Å²) < 4.78 is 26.9. The molecule has 4 nitrogen and oxygen atoms in total. The highest BCUT2D eigenvalue weighted by atomic mass is 35.5. The van der Waals surface area contributed by atoms with Crippen LogP contribution in [0.1, 0.15) is 11.3 Å². The SMILES string of the molecule is Fc1cccc(C2=NC(Cc3ccc(Cl)nn3)C=N2)c1F. The van der Waals surface area contributed by atoms with Gasteiger partial charge in [0.2, 0.25) is 0 Å². The number of aromatic nitrogens is 2. The molecule has 0 saturated carbocycles. The van der Waals surface area contributed by atoms with E-state index in [9.17, 15) is 8.78 Å². The number of amidine groups is 1. The molecule has 0 spiro atoms. The number of hydrogen-bond acceptors (Lipinski definition) is 4. The molecule has 1 aromatic heterocycles. The lowest BCUT2D eigenvalue weighted by Crippen LogP contribution is -2.09. The highest BCUT2D eigenvalue weighted by molar-refractivity contribution is 6.29. The summed E-state index contributed by atoms with van der Waals surface area (Å²) in [6.45, 7) is 0. The second-order valence-corrected chi connectivity index (χ2v) is 4.84. The van der Waals surface area contributed by atoms with Gasteiger partial charge in [-0.25, -0.2) is 13.8 Å². The van der Waals surface area contributed by atoms with Crippen LogP contribution in [0.4, 0.5) is 8.78 Å². The first-order valence-corrected chi connectivity index (χ1v) is 6.56. The van der Waals surface area contributed by atoms with E-state index in [-0.39, 0.29) is 17.4 Å². The van der Waals surface area contributed by atoms with Crippen molar-refractivity contribution in [1.29, 1.82) is 0 Å². The molecule has 0 fully saturated rings. The Morgan fingerprint density at radius 1 is 1.10 bits per heavy atom. The summed E-state index contributed by atoms with van der Waals surface area (Å²) in [6, 6.07) is 7.01. The zero-order valence-corrected chi connectivity index (χ0v) is 11.4. The van der Waals surface area contributed by atoms with Crippen LogP contribution in [-0.4, -0.2) is 28.3 Å². The van der Waals surface area contributed by atoms with Crippen molar-refractivity contribution in [3.63, 3.8) is 0 Å². The number of benzene rings is 1. The maximum atomic E-state index is 13.7. The molecule has 1 unspecified atom stereocenters. The third-order valence-corrected chi connectivity index (χ3v) is 3.16. The van der Waals surface area contributed by atoms with Crippen LogP contribution in [-0.2, 0) is 6.42 Å². The highest BCUT2D eigenvalue weighted by Gasteiger charge is 2.19. The molecule has 0 N–H and O–H groups in total. The van der Waals surface area contributed by atoms with Crippen LogP contribution in [0.25, 0.3) is 0 Å². The minimum atomic E-state index is -0.944. The molecule has 0 radical (unpaired) electrons. The first-order chi connectivity index (χ1) is 10.1. The van der Waals surface area contributed by atoms with Gasteiger partial charge < -0.3 is 0 Å². The number of halogens is 3. The predicted molar refractivity (Wildman–Crippen MR) is 75.9 cm³/mol. The molecule has 2 heterocycles. The Balaban J connectivity index is 1.80. The van der Waals surface area contributed by atoms with Crippen LogP contribution in [0.5, 0.6) is 0 Å². The Kier molecular flexibility index (Phi) is 3.70. The van der Waals surface area contributed by atoms with Gasteiger partial charge >= 0.3 is 0 Å². The van der Waals surface area contributed by atoms with Gasteiger partial charge in [0.25, 0.3) is 0 Å². The van der Waals surface area contributed by atoms with Gasteiger partial charge in [0.15, 0.2) is 22.6 Å². The quantitative estimate of drug-likeness (QED) is 0.875. The van der Waals surface area contributed by atoms with Crippen molar-refractivity contribution in [3.8, 4) is 0 Å². The number of hydrogen-bond donors (Lipinski definition) is 0. The van der Waals surface area contributed by atoms with Crippen LogP contribution in [0.2, 0.25) is 5.15 Å². The molecule has 1 atom stereocenters. The fourth-order valence-electron chi connectivity index (χ4n) is 1.96. The fourth-order valence-corrected chi connectivity index (χ4v) is 2.06. The summed E-state index contributed by atoms with van der Waals surface area (Å²) in [7, 11) is 0. The van der Waals surface area contributed by atoms with Crippen molar-refractivity contribution >= 4 is 23.7 Å². The summed E-state index contributed by atoms with van der Waals surface area (Å²) >= 11 is 5.66. The second kappa shape index (κ2) is 5.65. The lowest BCUT2D eigenvalue weighted by atomic mass is 10.1. The molecule has 106 valence electrons. The maximum absolute atomic E-state index is 13.7. The second-order valence-electron chi connectivity index (χ2n) is 4.45. The zero-order valence-electron chi connectivity index (χ0n) is 10.7. The van der Waals surface area contributed by atoms with E-state index < -0.39 is 11.6 Å². The molecule has 1 aliphatic heterocycles. The first kappa shape index (κ1) is 13.8. The normalized spacial score (nSPS) is 17.1. The fraction of sp³-hybridized carbons (Fsp3) is 0.143. The third-order valence-electron chi connectivity index (χ3n) is 2.96. The number of aliphatic imine (C=N–C) groups is 2. The minimum Gasteiger partial charge on any atom is -0.257 e. The first-order valence-electron chi connectivity index (χ1n) is 6.18. The maximum Gasteiger partial charge on any atom is 0.169 e. The molecule has 0 aliphatic carbocycles. The molecule has 3 rings (SSSR count). The van der Waals surface area contributed by atoms with Gasteiger partial charge in [-0.1, -0.05) is 17.7 Å². The Labute approximate surface area is 124 Å². The average Bonchev–Trinajstić information content (AvgIpc) is 2.93. The van der Waals surface area contributed by atoms with Gasteiger partial charge in [0.1, 0.15) is 0 Å². The van der Waals surface area contributed by atoms with Gasteiger partial charge in [0, 0.05) is 12.6 Å². The summed E-state index contributed by atoms with van der Waals surface area (Å²) in [6.07, 6.45) is 2.05. The Morgan fingerprint density at radius 2 is 1.95 bits per heavy atom. The summed E-state index contributed by atoms with van der Waals surface area (Å²) in [5.41, 5.74) is 0.747. The van der Waals surface area contributed by atoms with E-state index >= 15 is 0 Å². The zero-order chi connectivity index (χ0) is 14.8. The monoisotopic (exact) mass is 306 g/mol. The Morgan fingerprint density at radius 3 is 2.71 bits per heavy atom. The molecule has 2 aromatic rings. The molecule has 1 aliphatic rings. The van der Waals surface area contributed by atoms with Gasteiger partial charge in [-0.3, -0.25) is 4.99 Å². The molecule has 0 saturated heterocycles. The van der Waals surface area contributed by atoms with E-state index in [0.717, 1.165) is 6.07 Å². The van der Waals surface area contributed by atoms with Crippen LogP contribution < -0.4 is 0 Å². The summed E-state index contributed by atoms with van der Waals surface area (Å²) in [5.74, 6) is -1.68. The van der Waals surface area contributed by atoms with Crippen molar-refractivity contribution in [2.24, 2.45) is 9.98 Å². The van der Waals surface area contributed by atoms with E-state index in [4.69, 9.17) is 11.6 Å². The Bertz CT molecular complexity index is 728. The number of rotatable bonds is 3. The van der Waals surface area contributed by atoms with Gasteiger partial charge in [-0.05, 0) is 24.3 Å². The molecule has 21 heavy (non-hydrogen) atoms. The van der Waals surface area contributed by atoms with Gasteiger partial charge in [0.05, 0.1) is 17.3 Å². The van der Waals surface area contributed by atoms with Crippen molar-refractivity contribution in [2.75, 3.05) is 0 Å². The van der Waals surface area contributed by atoms with E-state index in [0.29, 0.717) is 17.3 Å². The molecular weight excluding hydrogens is 298 g/mol. The van der Waals surface area contributed by atoms with Crippen LogP contribution in [0.3, 0.4) is 0 Å². The van der Waals surface area contributed by atoms with E-state index in [1.807, 2.05) is 0 Å². The van der Waals surface area contributed by atoms with Crippen LogP contribution in [0, 0.1) is 11.6 Å². The van der Waals surface area contributed by atoms with Crippen LogP contribution in [0.15, 0.2) is 40.3 Å². The smallest absolute Gasteiger partial charge is 0.169 e. The standard InChI is InChI=1S/C14H9ClF2N4/c15-12-5-4-8(20-21-12)6-9-7-18-14(19-9)10-2-1-3-11(16)13(10)17/h1-5,7,9H,6H2. The summed E-state index contributed by atoms with van der Waals surface area (Å²) in [4.78, 5) is 8.31. The predicted octanol–water partition coefficient (Wildman–Crippen LogP) is 2.85. The Hall–Kier alpha value is -2.21. The lowest BCUT2D eigenvalue weighted by Gasteiger charge is -2.03. The average molecular weight is 307 g/mol. The molecule has 1 aromatic carbocycles. The molecule has 0 bridgehead atoms. The molecular formula is C14H9ClF2N4. The third kappa shape index (κ3) is 2.95. The highest BCUT2D eigenvalue weighted by Crippen LogP contribution is 2.17. The van der Waals surface area contributed by atoms with E-state index in [2.05, 4.69) is 20.2 Å². The van der Waals surface area contributed by atoms with Crippen LogP contribution >= 0.6 is 11.6 Å². The van der Waals surface area contributed by atoms with Crippen molar-refractivity contribution in [2.45, 2.75) is 12.5 Å². The summed E-state index contributed by atoms with van der Waals surface area (Å²) in [5, 5.41) is 7.97. The van der Waals surface area contributed by atoms with Gasteiger partial charge in [-0.15, -0.1) is 5.10 Å². The molecule has 0 amide bonds. The number of nitrogens with zero attached hydrogens (tertiary/aromatic N) is 4. The van der Waals surface area contributed by atoms with Crippen molar-refractivity contribution < 1.29 is 8.78 Å². The minimum absolute atomic E-state index is 0.0518.